The topological polar surface area (TPSA) is 67.6 Å². The third-order valence-corrected chi connectivity index (χ3v) is 6.32. The summed E-state index contributed by atoms with van der Waals surface area (Å²) in [5.41, 5.74) is 1.95. The molecule has 0 radical (unpaired) electrons. The summed E-state index contributed by atoms with van der Waals surface area (Å²) in [4.78, 5) is 14.8. The fourth-order valence-electron chi connectivity index (χ4n) is 4.55. The third-order valence-electron chi connectivity index (χ3n) is 6.32. The van der Waals surface area contributed by atoms with Crippen molar-refractivity contribution in [1.29, 1.82) is 0 Å². The Morgan fingerprint density at radius 3 is 2.76 bits per heavy atom. The number of carbonyl (C=O) groups is 1. The first-order valence-corrected chi connectivity index (χ1v) is 10.8. The van der Waals surface area contributed by atoms with E-state index in [-0.39, 0.29) is 0 Å². The molecular formula is C23H31N3O3. The molecule has 1 amide bonds. The molecule has 2 aliphatic rings. The summed E-state index contributed by atoms with van der Waals surface area (Å²) in [6, 6.07) is 9.83. The predicted octanol–water partition coefficient (Wildman–Crippen LogP) is 3.52. The zero-order valence-electron chi connectivity index (χ0n) is 17.2. The van der Waals surface area contributed by atoms with Gasteiger partial charge in [0.25, 0.3) is 0 Å². The highest BCUT2D eigenvalue weighted by Crippen LogP contribution is 2.29. The number of ether oxygens (including phenoxy) is 1. The summed E-state index contributed by atoms with van der Waals surface area (Å²) >= 11 is 0. The average molecular weight is 398 g/mol. The maximum atomic E-state index is 12.8. The molecule has 29 heavy (non-hydrogen) atoms. The second-order valence-electron chi connectivity index (χ2n) is 8.27. The number of likely N-dealkylation sites (tertiary alicyclic amines) is 1. The van der Waals surface area contributed by atoms with Crippen LogP contribution < -0.4 is 10.1 Å². The quantitative estimate of drug-likeness (QED) is 0.808. The summed E-state index contributed by atoms with van der Waals surface area (Å²) in [5.74, 6) is 2.74. The van der Waals surface area contributed by atoms with E-state index in [1.54, 1.807) is 7.11 Å². The van der Waals surface area contributed by atoms with Gasteiger partial charge in [0.2, 0.25) is 5.91 Å². The van der Waals surface area contributed by atoms with Crippen molar-refractivity contribution in [3.8, 4) is 17.1 Å². The van der Waals surface area contributed by atoms with E-state index in [2.05, 4.69) is 15.4 Å². The molecule has 3 heterocycles. The van der Waals surface area contributed by atoms with E-state index < -0.39 is 0 Å². The lowest BCUT2D eigenvalue weighted by molar-refractivity contribution is -0.133. The number of hydrogen-bond donors (Lipinski definition) is 1. The van der Waals surface area contributed by atoms with E-state index in [1.807, 2.05) is 30.3 Å². The number of carbonyl (C=O) groups excluding carboxylic acids is 1. The van der Waals surface area contributed by atoms with Crippen LogP contribution in [0, 0.1) is 11.8 Å². The van der Waals surface area contributed by atoms with Crippen LogP contribution in [0.15, 0.2) is 34.9 Å². The minimum absolute atomic E-state index is 0.334. The van der Waals surface area contributed by atoms with Gasteiger partial charge in [-0.05, 0) is 81.3 Å². The fraction of sp³-hybridized carbons (Fsp3) is 0.565. The predicted molar refractivity (Wildman–Crippen MR) is 112 cm³/mol. The van der Waals surface area contributed by atoms with Gasteiger partial charge in [0.05, 0.1) is 12.8 Å². The second kappa shape index (κ2) is 9.44. The molecule has 2 fully saturated rings. The average Bonchev–Trinajstić information content (AvgIpc) is 3.24. The highest BCUT2D eigenvalue weighted by Gasteiger charge is 2.30. The Hall–Kier alpha value is -2.34. The third kappa shape index (κ3) is 4.99. The van der Waals surface area contributed by atoms with Gasteiger partial charge in [-0.25, -0.2) is 0 Å². The van der Waals surface area contributed by atoms with Gasteiger partial charge in [0.1, 0.15) is 5.75 Å². The summed E-state index contributed by atoms with van der Waals surface area (Å²) in [6.45, 7) is 3.79. The zero-order valence-corrected chi connectivity index (χ0v) is 17.2. The molecule has 0 spiro atoms. The summed E-state index contributed by atoms with van der Waals surface area (Å²) in [6.07, 6.45) is 6.10. The molecule has 1 N–H and O–H groups in total. The number of methoxy groups -OCH3 is 1. The molecule has 2 aliphatic heterocycles. The smallest absolute Gasteiger partial charge is 0.222 e. The highest BCUT2D eigenvalue weighted by atomic mass is 16.5. The molecule has 2 atom stereocenters. The Bertz CT molecular complexity index is 796. The molecule has 0 aliphatic carbocycles. The molecule has 2 aromatic rings. The lowest BCUT2D eigenvalue weighted by Crippen LogP contribution is -2.42. The van der Waals surface area contributed by atoms with Crippen LogP contribution in [0.1, 0.15) is 37.8 Å². The number of rotatable bonds is 6. The number of hydrogen-bond acceptors (Lipinski definition) is 5. The van der Waals surface area contributed by atoms with Gasteiger partial charge in [-0.15, -0.1) is 0 Å². The lowest BCUT2D eigenvalue weighted by Gasteiger charge is -2.34. The molecule has 0 bridgehead atoms. The van der Waals surface area contributed by atoms with Crippen LogP contribution in [0.2, 0.25) is 0 Å². The first kappa shape index (κ1) is 20.0. The molecule has 156 valence electrons. The Morgan fingerprint density at radius 1 is 1.21 bits per heavy atom. The van der Waals surface area contributed by atoms with Gasteiger partial charge in [-0.2, -0.15) is 0 Å². The first-order valence-electron chi connectivity index (χ1n) is 10.8. The Labute approximate surface area is 172 Å². The van der Waals surface area contributed by atoms with Crippen molar-refractivity contribution in [3.05, 3.63) is 36.0 Å². The van der Waals surface area contributed by atoms with E-state index >= 15 is 0 Å². The lowest BCUT2D eigenvalue weighted by atomic mass is 9.81. The van der Waals surface area contributed by atoms with Crippen molar-refractivity contribution in [2.45, 2.75) is 38.5 Å². The first-order chi connectivity index (χ1) is 14.2. The van der Waals surface area contributed by atoms with E-state index in [1.165, 1.54) is 6.42 Å². The Morgan fingerprint density at radius 2 is 2.00 bits per heavy atom. The highest BCUT2D eigenvalue weighted by molar-refractivity contribution is 5.76. The molecule has 6 nitrogen and oxygen atoms in total. The van der Waals surface area contributed by atoms with Crippen LogP contribution in [-0.4, -0.2) is 49.3 Å². The molecule has 0 saturated carbocycles. The molecular weight excluding hydrogens is 366 g/mol. The molecule has 1 aromatic carbocycles. The van der Waals surface area contributed by atoms with Crippen LogP contribution in [0.3, 0.4) is 0 Å². The monoisotopic (exact) mass is 397 g/mol. The maximum Gasteiger partial charge on any atom is 0.222 e. The number of piperidine rings is 2. The van der Waals surface area contributed by atoms with Crippen molar-refractivity contribution >= 4 is 5.91 Å². The van der Waals surface area contributed by atoms with Crippen molar-refractivity contribution in [2.75, 3.05) is 33.3 Å². The number of amides is 1. The number of benzene rings is 1. The van der Waals surface area contributed by atoms with Crippen LogP contribution in [0.25, 0.3) is 11.3 Å². The van der Waals surface area contributed by atoms with Gasteiger partial charge in [-0.3, -0.25) is 4.79 Å². The summed E-state index contributed by atoms with van der Waals surface area (Å²) in [7, 11) is 1.66. The van der Waals surface area contributed by atoms with E-state index in [0.717, 1.165) is 74.6 Å². The fourth-order valence-corrected chi connectivity index (χ4v) is 4.55. The SMILES string of the molecule is COc1ccc(-c2cc(CC3CNCCC3CC(=O)N3CCCCC3)no2)cc1. The van der Waals surface area contributed by atoms with E-state index in [4.69, 9.17) is 9.26 Å². The molecule has 4 rings (SSSR count). The van der Waals surface area contributed by atoms with Crippen LogP contribution in [0.5, 0.6) is 5.75 Å². The molecule has 6 heteroatoms. The van der Waals surface area contributed by atoms with Crippen molar-refractivity contribution < 1.29 is 14.1 Å². The molecule has 1 aromatic heterocycles. The van der Waals surface area contributed by atoms with Gasteiger partial charge in [-0.1, -0.05) is 5.16 Å². The number of nitrogens with zero attached hydrogens (tertiary/aromatic N) is 2. The van der Waals surface area contributed by atoms with Gasteiger partial charge >= 0.3 is 0 Å². The van der Waals surface area contributed by atoms with Gasteiger partial charge < -0.3 is 19.5 Å². The van der Waals surface area contributed by atoms with E-state index in [0.29, 0.717) is 24.2 Å². The van der Waals surface area contributed by atoms with Crippen molar-refractivity contribution in [3.63, 3.8) is 0 Å². The van der Waals surface area contributed by atoms with Crippen molar-refractivity contribution in [2.24, 2.45) is 11.8 Å². The second-order valence-corrected chi connectivity index (χ2v) is 8.27. The minimum atomic E-state index is 0.334. The van der Waals surface area contributed by atoms with Gasteiger partial charge in [0.15, 0.2) is 5.76 Å². The Balaban J connectivity index is 1.39. The largest absolute Gasteiger partial charge is 0.497 e. The normalized spacial score (nSPS) is 22.4. The summed E-state index contributed by atoms with van der Waals surface area (Å²) in [5, 5.41) is 7.80. The van der Waals surface area contributed by atoms with Crippen LogP contribution >= 0.6 is 0 Å². The maximum absolute atomic E-state index is 12.8. The van der Waals surface area contributed by atoms with E-state index in [9.17, 15) is 4.79 Å². The molecule has 2 saturated heterocycles. The summed E-state index contributed by atoms with van der Waals surface area (Å²) < 4.78 is 10.8. The van der Waals surface area contributed by atoms with Crippen molar-refractivity contribution in [1.82, 2.24) is 15.4 Å². The van der Waals surface area contributed by atoms with Crippen LogP contribution in [-0.2, 0) is 11.2 Å². The van der Waals surface area contributed by atoms with Gasteiger partial charge in [0, 0.05) is 31.1 Å². The molecule has 2 unspecified atom stereocenters. The number of aromatic nitrogens is 1. The number of nitrogens with one attached hydrogen (secondary N) is 1. The van der Waals surface area contributed by atoms with Crippen LogP contribution in [0.4, 0.5) is 0 Å². The zero-order chi connectivity index (χ0) is 20.1. The minimum Gasteiger partial charge on any atom is -0.497 e. The Kier molecular flexibility index (Phi) is 6.49. The standard InChI is InChI=1S/C23H31N3O3/c1-28-21-7-5-17(6-8-21)22-15-20(25-29-22)13-19-16-24-10-9-18(19)14-23(27)26-11-3-2-4-12-26/h5-8,15,18-19,24H,2-4,9-14,16H2,1H3.